The zero-order valence-electron chi connectivity index (χ0n) is 13.8. The molecule has 3 aromatic rings. The lowest BCUT2D eigenvalue weighted by Gasteiger charge is -2.06. The molecule has 2 N–H and O–H groups in total. The fourth-order valence-corrected chi connectivity index (χ4v) is 3.03. The molecule has 1 amide bonds. The number of thioether (sulfide) groups is 1. The number of carbonyl (C=O) groups is 2. The molecule has 0 saturated heterocycles. The molecule has 0 unspecified atom stereocenters. The van der Waals surface area contributed by atoms with Crippen LogP contribution in [0.15, 0.2) is 47.6 Å². The summed E-state index contributed by atoms with van der Waals surface area (Å²) < 4.78 is 4.67. The number of hydrogen-bond donors (Lipinski definition) is 2. The first-order chi connectivity index (χ1) is 12.0. The maximum atomic E-state index is 12.1. The minimum atomic E-state index is -0.442. The van der Waals surface area contributed by atoms with Gasteiger partial charge in [-0.1, -0.05) is 23.9 Å². The third kappa shape index (κ3) is 4.19. The largest absolute Gasteiger partial charge is 0.465 e. The quantitative estimate of drug-likeness (QED) is 0.541. The SMILES string of the molecule is COC(=O)c1cccc(NC(=O)CSc2nc3ccc(C)cc3[nH]2)c1. The Morgan fingerprint density at radius 1 is 1.24 bits per heavy atom. The number of H-pyrrole nitrogens is 1. The molecule has 0 aliphatic carbocycles. The van der Waals surface area contributed by atoms with Crippen molar-refractivity contribution < 1.29 is 14.3 Å². The second-order valence-corrected chi connectivity index (χ2v) is 6.44. The number of rotatable bonds is 5. The molecule has 1 aromatic heterocycles. The van der Waals surface area contributed by atoms with Crippen LogP contribution in [0.5, 0.6) is 0 Å². The van der Waals surface area contributed by atoms with Gasteiger partial charge in [-0.05, 0) is 42.8 Å². The molecule has 0 spiro atoms. The minimum absolute atomic E-state index is 0.177. The maximum Gasteiger partial charge on any atom is 0.337 e. The van der Waals surface area contributed by atoms with E-state index in [1.54, 1.807) is 24.3 Å². The number of anilines is 1. The topological polar surface area (TPSA) is 84.1 Å². The van der Waals surface area contributed by atoms with Crippen LogP contribution in [0.1, 0.15) is 15.9 Å². The summed E-state index contributed by atoms with van der Waals surface area (Å²) in [5.74, 6) is -0.409. The third-order valence-electron chi connectivity index (χ3n) is 3.52. The Morgan fingerprint density at radius 2 is 2.08 bits per heavy atom. The molecule has 0 saturated carbocycles. The number of amides is 1. The van der Waals surface area contributed by atoms with Gasteiger partial charge in [0.15, 0.2) is 5.16 Å². The Bertz CT molecular complexity index is 936. The Balaban J connectivity index is 1.61. The molecule has 7 heteroatoms. The van der Waals surface area contributed by atoms with Crippen molar-refractivity contribution in [1.29, 1.82) is 0 Å². The maximum absolute atomic E-state index is 12.1. The van der Waals surface area contributed by atoms with Gasteiger partial charge in [0.05, 0.1) is 29.5 Å². The van der Waals surface area contributed by atoms with Crippen molar-refractivity contribution in [1.82, 2.24) is 9.97 Å². The van der Waals surface area contributed by atoms with Crippen LogP contribution in [0, 0.1) is 6.92 Å². The first kappa shape index (κ1) is 17.0. The van der Waals surface area contributed by atoms with E-state index in [1.165, 1.54) is 18.9 Å². The monoisotopic (exact) mass is 355 g/mol. The van der Waals surface area contributed by atoms with Crippen molar-refractivity contribution >= 4 is 40.4 Å². The van der Waals surface area contributed by atoms with Crippen molar-refractivity contribution in [3.63, 3.8) is 0 Å². The van der Waals surface area contributed by atoms with Crippen LogP contribution in [0.2, 0.25) is 0 Å². The van der Waals surface area contributed by atoms with Crippen LogP contribution in [-0.2, 0) is 9.53 Å². The smallest absolute Gasteiger partial charge is 0.337 e. The predicted octanol–water partition coefficient (Wildman–Crippen LogP) is 3.39. The van der Waals surface area contributed by atoms with E-state index in [-0.39, 0.29) is 11.7 Å². The van der Waals surface area contributed by atoms with E-state index in [2.05, 4.69) is 20.0 Å². The summed E-state index contributed by atoms with van der Waals surface area (Å²) in [6, 6.07) is 12.6. The number of imidazole rings is 1. The van der Waals surface area contributed by atoms with Gasteiger partial charge in [0, 0.05) is 5.69 Å². The summed E-state index contributed by atoms with van der Waals surface area (Å²) in [5, 5.41) is 3.46. The number of nitrogens with zero attached hydrogens (tertiary/aromatic N) is 1. The van der Waals surface area contributed by atoms with Gasteiger partial charge in [-0.25, -0.2) is 9.78 Å². The normalized spacial score (nSPS) is 10.6. The summed E-state index contributed by atoms with van der Waals surface area (Å²) in [7, 11) is 1.32. The van der Waals surface area contributed by atoms with Crippen LogP contribution in [0.3, 0.4) is 0 Å². The van der Waals surface area contributed by atoms with Gasteiger partial charge in [-0.3, -0.25) is 4.79 Å². The molecule has 25 heavy (non-hydrogen) atoms. The van der Waals surface area contributed by atoms with Gasteiger partial charge in [-0.15, -0.1) is 0 Å². The molecule has 0 bridgehead atoms. The molecule has 6 nitrogen and oxygen atoms in total. The summed E-state index contributed by atoms with van der Waals surface area (Å²) in [6.07, 6.45) is 0. The molecule has 3 rings (SSSR count). The fraction of sp³-hybridized carbons (Fsp3) is 0.167. The number of benzene rings is 2. The Morgan fingerprint density at radius 3 is 2.88 bits per heavy atom. The van der Waals surface area contributed by atoms with Crippen molar-refractivity contribution in [2.24, 2.45) is 0 Å². The highest BCUT2D eigenvalue weighted by Crippen LogP contribution is 2.20. The molecule has 0 fully saturated rings. The molecule has 0 aliphatic heterocycles. The van der Waals surface area contributed by atoms with Crippen LogP contribution in [-0.4, -0.2) is 34.7 Å². The van der Waals surface area contributed by atoms with Crippen molar-refractivity contribution in [2.45, 2.75) is 12.1 Å². The average molecular weight is 355 g/mol. The van der Waals surface area contributed by atoms with Crippen molar-refractivity contribution in [3.8, 4) is 0 Å². The van der Waals surface area contributed by atoms with Crippen molar-refractivity contribution in [2.75, 3.05) is 18.2 Å². The predicted molar refractivity (Wildman–Crippen MR) is 98.0 cm³/mol. The molecule has 0 radical (unpaired) electrons. The number of methoxy groups -OCH3 is 1. The van der Waals surface area contributed by atoms with Crippen LogP contribution >= 0.6 is 11.8 Å². The number of fused-ring (bicyclic) bond motifs is 1. The molecular weight excluding hydrogens is 338 g/mol. The molecule has 0 aliphatic rings. The minimum Gasteiger partial charge on any atom is -0.465 e. The summed E-state index contributed by atoms with van der Waals surface area (Å²) >= 11 is 1.32. The van der Waals surface area contributed by atoms with E-state index in [9.17, 15) is 9.59 Å². The third-order valence-corrected chi connectivity index (χ3v) is 4.40. The molecule has 1 heterocycles. The highest BCUT2D eigenvalue weighted by atomic mass is 32.2. The second-order valence-electron chi connectivity index (χ2n) is 5.47. The van der Waals surface area contributed by atoms with Gasteiger partial charge in [0.2, 0.25) is 5.91 Å². The first-order valence-corrected chi connectivity index (χ1v) is 8.61. The van der Waals surface area contributed by atoms with Gasteiger partial charge in [0.1, 0.15) is 0 Å². The van der Waals surface area contributed by atoms with Crippen LogP contribution in [0.4, 0.5) is 5.69 Å². The van der Waals surface area contributed by atoms with Gasteiger partial charge < -0.3 is 15.0 Å². The summed E-state index contributed by atoms with van der Waals surface area (Å²) in [6.45, 7) is 2.02. The number of ether oxygens (including phenoxy) is 1. The summed E-state index contributed by atoms with van der Waals surface area (Å²) in [5.41, 5.74) is 3.92. The van der Waals surface area contributed by atoms with Gasteiger partial charge in [-0.2, -0.15) is 0 Å². The number of hydrogen-bond acceptors (Lipinski definition) is 5. The standard InChI is InChI=1S/C18H17N3O3S/c1-11-6-7-14-15(8-11)21-18(20-14)25-10-16(22)19-13-5-3-4-12(9-13)17(23)24-2/h3-9H,10H2,1-2H3,(H,19,22)(H,20,21). The number of aromatic nitrogens is 2. The van der Waals surface area contributed by atoms with E-state index in [4.69, 9.17) is 0 Å². The average Bonchev–Trinajstić information content (AvgIpc) is 3.01. The Hall–Kier alpha value is -2.80. The van der Waals surface area contributed by atoms with E-state index < -0.39 is 5.97 Å². The highest BCUT2D eigenvalue weighted by molar-refractivity contribution is 7.99. The second kappa shape index (κ2) is 7.40. The number of aromatic amines is 1. The number of aryl methyl sites for hydroxylation is 1. The van der Waals surface area contributed by atoms with E-state index >= 15 is 0 Å². The molecule has 0 atom stereocenters. The van der Waals surface area contributed by atoms with Crippen molar-refractivity contribution in [3.05, 3.63) is 53.6 Å². The lowest BCUT2D eigenvalue weighted by Crippen LogP contribution is -2.14. The number of esters is 1. The van der Waals surface area contributed by atoms with Crippen LogP contribution in [0.25, 0.3) is 11.0 Å². The Kier molecular flexibility index (Phi) is 5.04. The van der Waals surface area contributed by atoms with E-state index in [1.807, 2.05) is 25.1 Å². The highest BCUT2D eigenvalue weighted by Gasteiger charge is 2.10. The van der Waals surface area contributed by atoms with Crippen LogP contribution < -0.4 is 5.32 Å². The molecule has 128 valence electrons. The number of nitrogens with one attached hydrogen (secondary N) is 2. The fourth-order valence-electron chi connectivity index (χ4n) is 2.34. The lowest BCUT2D eigenvalue weighted by molar-refractivity contribution is -0.113. The van der Waals surface area contributed by atoms with E-state index in [0.29, 0.717) is 16.4 Å². The van der Waals surface area contributed by atoms with Gasteiger partial charge >= 0.3 is 5.97 Å². The molecular formula is C18H17N3O3S. The van der Waals surface area contributed by atoms with E-state index in [0.717, 1.165) is 16.6 Å². The zero-order chi connectivity index (χ0) is 17.8. The Labute approximate surface area is 149 Å². The first-order valence-electron chi connectivity index (χ1n) is 7.62. The number of carbonyl (C=O) groups excluding carboxylic acids is 2. The molecule has 2 aromatic carbocycles. The van der Waals surface area contributed by atoms with Gasteiger partial charge in [0.25, 0.3) is 0 Å². The zero-order valence-corrected chi connectivity index (χ0v) is 14.6. The summed E-state index contributed by atoms with van der Waals surface area (Å²) in [4.78, 5) is 31.3. The lowest BCUT2D eigenvalue weighted by atomic mass is 10.2.